The summed E-state index contributed by atoms with van der Waals surface area (Å²) in [5, 5.41) is 7.68. The molecular weight excluding hydrogens is 389 g/mol. The highest BCUT2D eigenvalue weighted by atomic mass is 32.2. The highest BCUT2D eigenvalue weighted by Gasteiger charge is 2.31. The van der Waals surface area contributed by atoms with Crippen LogP contribution in [0.4, 0.5) is 4.39 Å². The molecule has 1 heterocycles. The van der Waals surface area contributed by atoms with Crippen molar-refractivity contribution in [3.05, 3.63) is 66.0 Å². The zero-order chi connectivity index (χ0) is 21.0. The van der Waals surface area contributed by atoms with Gasteiger partial charge in [-0.15, -0.1) is 10.2 Å². The van der Waals surface area contributed by atoms with E-state index in [0.717, 1.165) is 5.56 Å². The molecule has 0 radical (unpaired) electrons. The molecule has 0 fully saturated rings. The zero-order valence-corrected chi connectivity index (χ0v) is 17.7. The van der Waals surface area contributed by atoms with E-state index in [9.17, 15) is 9.18 Å². The Morgan fingerprint density at radius 2 is 1.76 bits per heavy atom. The van der Waals surface area contributed by atoms with E-state index in [1.54, 1.807) is 18.2 Å². The fourth-order valence-electron chi connectivity index (χ4n) is 2.83. The molecule has 2 aromatic carbocycles. The normalized spacial score (nSPS) is 12.6. The number of hydrogen-bond donors (Lipinski definition) is 0. The molecule has 0 N–H and O–H groups in total. The molecule has 0 aliphatic carbocycles. The van der Waals surface area contributed by atoms with Gasteiger partial charge in [0, 0.05) is 12.1 Å². The molecule has 0 saturated carbocycles. The van der Waals surface area contributed by atoms with Gasteiger partial charge in [0.1, 0.15) is 5.82 Å². The second-order valence-electron chi connectivity index (χ2n) is 7.69. The lowest BCUT2D eigenvalue weighted by Gasteiger charge is -2.37. The topological polar surface area (TPSA) is 59.2 Å². The fraction of sp³-hybridized carbons (Fsp3) is 0.318. The van der Waals surface area contributed by atoms with Crippen molar-refractivity contribution in [2.75, 3.05) is 0 Å². The van der Waals surface area contributed by atoms with Gasteiger partial charge < -0.3 is 9.32 Å². The minimum absolute atomic E-state index is 0.0306. The maximum Gasteiger partial charge on any atom is 0.277 e. The van der Waals surface area contributed by atoms with E-state index in [4.69, 9.17) is 4.42 Å². The molecule has 3 rings (SSSR count). The number of halogens is 1. The molecule has 0 bridgehead atoms. The highest BCUT2D eigenvalue weighted by molar-refractivity contribution is 8.00. The number of nitrogens with zero attached hydrogens (tertiary/aromatic N) is 3. The number of amides is 1. The molecule has 0 unspecified atom stereocenters. The van der Waals surface area contributed by atoms with Gasteiger partial charge in [-0.05, 0) is 45.4 Å². The van der Waals surface area contributed by atoms with E-state index in [1.165, 1.54) is 17.8 Å². The van der Waals surface area contributed by atoms with Crippen LogP contribution >= 0.6 is 11.8 Å². The second-order valence-corrected chi connectivity index (χ2v) is 8.99. The quantitative estimate of drug-likeness (QED) is 0.521. The first-order valence-corrected chi connectivity index (χ1v) is 10.2. The van der Waals surface area contributed by atoms with Gasteiger partial charge in [-0.25, -0.2) is 4.39 Å². The van der Waals surface area contributed by atoms with E-state index >= 15 is 0 Å². The molecule has 3 aromatic rings. The van der Waals surface area contributed by atoms with Gasteiger partial charge in [0.25, 0.3) is 11.1 Å². The molecule has 1 amide bonds. The molecule has 29 heavy (non-hydrogen) atoms. The summed E-state index contributed by atoms with van der Waals surface area (Å²) in [6, 6.07) is 16.1. The van der Waals surface area contributed by atoms with Gasteiger partial charge in [0.05, 0.1) is 10.8 Å². The van der Waals surface area contributed by atoms with Crippen molar-refractivity contribution in [2.45, 2.75) is 50.3 Å². The lowest BCUT2D eigenvalue weighted by Crippen LogP contribution is -2.48. The van der Waals surface area contributed by atoms with Crippen LogP contribution in [0, 0.1) is 5.82 Å². The highest BCUT2D eigenvalue weighted by Crippen LogP contribution is 2.30. The first-order chi connectivity index (χ1) is 13.8. The van der Waals surface area contributed by atoms with Gasteiger partial charge in [-0.1, -0.05) is 54.2 Å². The summed E-state index contributed by atoms with van der Waals surface area (Å²) >= 11 is 1.17. The Hall–Kier alpha value is -2.67. The minimum atomic E-state index is -0.438. The van der Waals surface area contributed by atoms with E-state index in [2.05, 4.69) is 10.2 Å². The summed E-state index contributed by atoms with van der Waals surface area (Å²) in [5.74, 6) is -0.363. The van der Waals surface area contributed by atoms with Crippen molar-refractivity contribution in [1.29, 1.82) is 0 Å². The van der Waals surface area contributed by atoms with Gasteiger partial charge in [0.2, 0.25) is 5.91 Å². The van der Waals surface area contributed by atoms with Gasteiger partial charge in [-0.3, -0.25) is 4.79 Å². The van der Waals surface area contributed by atoms with Crippen LogP contribution in [0.2, 0.25) is 0 Å². The molecule has 5 nitrogen and oxygen atoms in total. The number of carbonyl (C=O) groups excluding carboxylic acids is 1. The van der Waals surface area contributed by atoms with E-state index in [-0.39, 0.29) is 28.1 Å². The molecular formula is C22H24FN3O2S. The standard InChI is InChI=1S/C22H24FN3O2S/c1-15(20(27)26(22(2,3)4)14-16-10-6-5-7-11-16)29-21-25-24-19(28-21)17-12-8-9-13-18(17)23/h5-13,15H,14H2,1-4H3/t15-/m1/s1. The average molecular weight is 414 g/mol. The second kappa shape index (κ2) is 8.78. The third kappa shape index (κ3) is 5.23. The van der Waals surface area contributed by atoms with Crippen LogP contribution in [-0.4, -0.2) is 31.8 Å². The molecule has 0 spiro atoms. The third-order valence-corrected chi connectivity index (χ3v) is 5.32. The van der Waals surface area contributed by atoms with Crippen molar-refractivity contribution in [1.82, 2.24) is 15.1 Å². The maximum absolute atomic E-state index is 13.9. The van der Waals surface area contributed by atoms with Gasteiger partial charge in [-0.2, -0.15) is 0 Å². The maximum atomic E-state index is 13.9. The summed E-state index contributed by atoms with van der Waals surface area (Å²) in [6.07, 6.45) is 0. The van der Waals surface area contributed by atoms with Crippen LogP contribution in [-0.2, 0) is 11.3 Å². The lowest BCUT2D eigenvalue weighted by molar-refractivity contribution is -0.135. The predicted molar refractivity (Wildman–Crippen MR) is 112 cm³/mol. The number of rotatable bonds is 6. The van der Waals surface area contributed by atoms with E-state index in [1.807, 2.05) is 62.9 Å². The first kappa shape index (κ1) is 21.0. The molecule has 1 atom stereocenters. The lowest BCUT2D eigenvalue weighted by atomic mass is 10.0. The smallest absolute Gasteiger partial charge is 0.277 e. The molecule has 1 aromatic heterocycles. The van der Waals surface area contributed by atoms with Crippen LogP contribution in [0.5, 0.6) is 0 Å². The Bertz CT molecular complexity index is 969. The first-order valence-electron chi connectivity index (χ1n) is 9.36. The monoisotopic (exact) mass is 413 g/mol. The summed E-state index contributed by atoms with van der Waals surface area (Å²) in [7, 11) is 0. The largest absolute Gasteiger partial charge is 0.411 e. The van der Waals surface area contributed by atoms with Crippen LogP contribution in [0.1, 0.15) is 33.3 Å². The molecule has 0 aliphatic heterocycles. The van der Waals surface area contributed by atoms with E-state index in [0.29, 0.717) is 6.54 Å². The number of aromatic nitrogens is 2. The summed E-state index contributed by atoms with van der Waals surface area (Å²) in [4.78, 5) is 15.0. The van der Waals surface area contributed by atoms with Crippen molar-refractivity contribution < 1.29 is 13.6 Å². The van der Waals surface area contributed by atoms with Crippen molar-refractivity contribution in [3.8, 4) is 11.5 Å². The summed E-state index contributed by atoms with van der Waals surface area (Å²) < 4.78 is 19.5. The van der Waals surface area contributed by atoms with Crippen LogP contribution < -0.4 is 0 Å². The molecule has 0 aliphatic rings. The van der Waals surface area contributed by atoms with Gasteiger partial charge >= 0.3 is 0 Å². The van der Waals surface area contributed by atoms with Crippen LogP contribution in [0.25, 0.3) is 11.5 Å². The number of benzene rings is 2. The number of carbonyl (C=O) groups is 1. The Balaban J connectivity index is 1.74. The Kier molecular flexibility index (Phi) is 6.37. The number of hydrogen-bond acceptors (Lipinski definition) is 5. The number of thioether (sulfide) groups is 1. The average Bonchev–Trinajstić information content (AvgIpc) is 3.14. The zero-order valence-electron chi connectivity index (χ0n) is 16.9. The van der Waals surface area contributed by atoms with Crippen molar-refractivity contribution in [3.63, 3.8) is 0 Å². The third-order valence-electron chi connectivity index (χ3n) is 4.40. The molecule has 7 heteroatoms. The van der Waals surface area contributed by atoms with Gasteiger partial charge in [0.15, 0.2) is 0 Å². The van der Waals surface area contributed by atoms with Crippen LogP contribution in [0.3, 0.4) is 0 Å². The van der Waals surface area contributed by atoms with Crippen molar-refractivity contribution in [2.24, 2.45) is 0 Å². The molecule has 152 valence electrons. The van der Waals surface area contributed by atoms with Crippen molar-refractivity contribution >= 4 is 17.7 Å². The SMILES string of the molecule is C[C@@H](Sc1nnc(-c2ccccc2F)o1)C(=O)N(Cc1ccccc1)C(C)(C)C. The minimum Gasteiger partial charge on any atom is -0.411 e. The molecule has 0 saturated heterocycles. The van der Waals surface area contributed by atoms with Crippen LogP contribution in [0.15, 0.2) is 64.2 Å². The summed E-state index contributed by atoms with van der Waals surface area (Å²) in [5.41, 5.74) is 0.952. The Labute approximate surface area is 174 Å². The summed E-state index contributed by atoms with van der Waals surface area (Å²) in [6.45, 7) is 8.35. The van der Waals surface area contributed by atoms with E-state index < -0.39 is 11.1 Å². The predicted octanol–water partition coefficient (Wildman–Crippen LogP) is 5.18. The Morgan fingerprint density at radius 3 is 2.41 bits per heavy atom. The Morgan fingerprint density at radius 1 is 1.10 bits per heavy atom. The fourth-order valence-corrected chi connectivity index (χ4v) is 3.58.